The van der Waals surface area contributed by atoms with Crippen molar-refractivity contribution < 1.29 is 18.7 Å². The van der Waals surface area contributed by atoms with Gasteiger partial charge < -0.3 is 19.7 Å². The van der Waals surface area contributed by atoms with E-state index in [9.17, 15) is 14.3 Å². The minimum atomic E-state index is -0.970. The molecule has 0 spiro atoms. The highest BCUT2D eigenvalue weighted by Crippen LogP contribution is 2.30. The minimum absolute atomic E-state index is 0.204. The van der Waals surface area contributed by atoms with Gasteiger partial charge in [0.25, 0.3) is 0 Å². The molecule has 0 aliphatic carbocycles. The fourth-order valence-electron chi connectivity index (χ4n) is 2.64. The minimum Gasteiger partial charge on any atom is -0.459 e. The predicted octanol–water partition coefficient (Wildman–Crippen LogP) is 3.35. The molecule has 0 aliphatic rings. The maximum absolute atomic E-state index is 13.4. The molecule has 1 unspecified atom stereocenters. The number of nitrogens with zero attached hydrogens (tertiary/aromatic N) is 1. The van der Waals surface area contributed by atoms with E-state index in [0.29, 0.717) is 16.7 Å². The number of carbonyl (C=O) groups is 1. The number of fused-ring (bicyclic) bond motifs is 1. The van der Waals surface area contributed by atoms with Crippen molar-refractivity contribution in [3.8, 4) is 0 Å². The zero-order valence-corrected chi connectivity index (χ0v) is 14.1. The number of aliphatic hydroxyl groups is 1. The maximum atomic E-state index is 13.4. The van der Waals surface area contributed by atoms with Gasteiger partial charge in [0.05, 0.1) is 18.2 Å². The van der Waals surface area contributed by atoms with Gasteiger partial charge in [-0.2, -0.15) is 0 Å². The quantitative estimate of drug-likeness (QED) is 0.907. The van der Waals surface area contributed by atoms with E-state index in [-0.39, 0.29) is 24.4 Å². The van der Waals surface area contributed by atoms with Crippen LogP contribution in [-0.4, -0.2) is 35.2 Å². The Morgan fingerprint density at radius 2 is 2.13 bits per heavy atom. The molecule has 2 rings (SSSR count). The third kappa shape index (κ3) is 4.01. The first-order valence-corrected chi connectivity index (χ1v) is 7.51. The number of amides is 2. The number of halogens is 1. The number of benzene rings is 1. The Hall–Kier alpha value is -2.08. The summed E-state index contributed by atoms with van der Waals surface area (Å²) in [5.41, 5.74) is 0.421. The average Bonchev–Trinajstić information content (AvgIpc) is 2.74. The lowest BCUT2D eigenvalue weighted by atomic mass is 10.1. The van der Waals surface area contributed by atoms with Crippen LogP contribution in [-0.2, 0) is 0 Å². The Morgan fingerprint density at radius 3 is 2.74 bits per heavy atom. The summed E-state index contributed by atoms with van der Waals surface area (Å²) >= 11 is 0. The van der Waals surface area contributed by atoms with Crippen molar-refractivity contribution in [2.24, 2.45) is 0 Å². The molecule has 23 heavy (non-hydrogen) atoms. The zero-order chi connectivity index (χ0) is 17.4. The van der Waals surface area contributed by atoms with Crippen LogP contribution in [0, 0.1) is 12.7 Å². The van der Waals surface area contributed by atoms with Crippen molar-refractivity contribution in [1.82, 2.24) is 10.2 Å². The van der Waals surface area contributed by atoms with Crippen LogP contribution in [0.4, 0.5) is 9.18 Å². The summed E-state index contributed by atoms with van der Waals surface area (Å²) in [6.07, 6.45) is 0. The second-order valence-corrected chi connectivity index (χ2v) is 6.57. The number of furan rings is 1. The number of aryl methyl sites for hydroxylation is 1. The van der Waals surface area contributed by atoms with E-state index < -0.39 is 5.60 Å². The molecule has 0 radical (unpaired) electrons. The third-order valence-electron chi connectivity index (χ3n) is 3.64. The Bertz CT molecular complexity index is 718. The SMILES string of the molecule is Cc1c(C(C)NC(=O)N(C)CC(C)(C)O)oc2ccc(F)cc12. The predicted molar refractivity (Wildman–Crippen MR) is 86.8 cm³/mol. The fourth-order valence-corrected chi connectivity index (χ4v) is 2.64. The Labute approximate surface area is 135 Å². The van der Waals surface area contributed by atoms with Gasteiger partial charge in [0.15, 0.2) is 0 Å². The van der Waals surface area contributed by atoms with Crippen molar-refractivity contribution in [2.45, 2.75) is 39.3 Å². The number of rotatable bonds is 4. The second-order valence-electron chi connectivity index (χ2n) is 6.57. The van der Waals surface area contributed by atoms with Gasteiger partial charge in [-0.25, -0.2) is 9.18 Å². The second kappa shape index (κ2) is 6.20. The number of likely N-dealkylation sites (N-methyl/N-ethyl adjacent to an activating group) is 1. The van der Waals surface area contributed by atoms with Crippen LogP contribution in [0.3, 0.4) is 0 Å². The largest absolute Gasteiger partial charge is 0.459 e. The smallest absolute Gasteiger partial charge is 0.317 e. The highest BCUT2D eigenvalue weighted by atomic mass is 19.1. The van der Waals surface area contributed by atoms with Crippen LogP contribution in [0.5, 0.6) is 0 Å². The molecule has 0 saturated carbocycles. The van der Waals surface area contributed by atoms with Crippen LogP contribution in [0.25, 0.3) is 11.0 Å². The average molecular weight is 322 g/mol. The highest BCUT2D eigenvalue weighted by Gasteiger charge is 2.23. The van der Waals surface area contributed by atoms with Crippen LogP contribution in [0.2, 0.25) is 0 Å². The molecule has 1 aromatic heterocycles. The van der Waals surface area contributed by atoms with Crippen molar-refractivity contribution in [3.05, 3.63) is 35.3 Å². The van der Waals surface area contributed by atoms with Gasteiger partial charge in [-0.15, -0.1) is 0 Å². The van der Waals surface area contributed by atoms with Gasteiger partial charge in [0.1, 0.15) is 17.2 Å². The maximum Gasteiger partial charge on any atom is 0.317 e. The van der Waals surface area contributed by atoms with Gasteiger partial charge >= 0.3 is 6.03 Å². The van der Waals surface area contributed by atoms with Crippen LogP contribution < -0.4 is 5.32 Å². The summed E-state index contributed by atoms with van der Waals surface area (Å²) in [5, 5.41) is 13.3. The molecule has 126 valence electrons. The van der Waals surface area contributed by atoms with E-state index in [1.807, 2.05) is 6.92 Å². The molecule has 1 aromatic carbocycles. The summed E-state index contributed by atoms with van der Waals surface area (Å²) in [6.45, 7) is 7.12. The first-order chi connectivity index (χ1) is 10.6. The van der Waals surface area contributed by atoms with E-state index >= 15 is 0 Å². The number of hydrogen-bond donors (Lipinski definition) is 2. The van der Waals surface area contributed by atoms with Crippen LogP contribution in [0.15, 0.2) is 22.6 Å². The molecule has 0 fully saturated rings. The highest BCUT2D eigenvalue weighted by molar-refractivity contribution is 5.82. The molecule has 0 bridgehead atoms. The monoisotopic (exact) mass is 322 g/mol. The molecule has 2 aromatic rings. The molecule has 1 atom stereocenters. The number of hydrogen-bond acceptors (Lipinski definition) is 3. The standard InChI is InChI=1S/C17H23FN2O3/c1-10-13-8-12(18)6-7-14(13)23-15(10)11(2)19-16(21)20(5)9-17(3,4)22/h6-8,11,22H,9H2,1-5H3,(H,19,21). The van der Waals surface area contributed by atoms with E-state index in [4.69, 9.17) is 4.42 Å². The van der Waals surface area contributed by atoms with Gasteiger partial charge in [0, 0.05) is 18.0 Å². The molecular formula is C17H23FN2O3. The van der Waals surface area contributed by atoms with Gasteiger partial charge in [-0.1, -0.05) is 0 Å². The lowest BCUT2D eigenvalue weighted by molar-refractivity contribution is 0.0527. The fraction of sp³-hybridized carbons (Fsp3) is 0.471. The van der Waals surface area contributed by atoms with Crippen molar-refractivity contribution in [2.75, 3.05) is 13.6 Å². The summed E-state index contributed by atoms with van der Waals surface area (Å²) in [7, 11) is 1.61. The van der Waals surface area contributed by atoms with Gasteiger partial charge in [0.2, 0.25) is 0 Å². The van der Waals surface area contributed by atoms with E-state index in [1.54, 1.807) is 33.9 Å². The normalized spacial score (nSPS) is 13.2. The van der Waals surface area contributed by atoms with E-state index in [0.717, 1.165) is 5.56 Å². The van der Waals surface area contributed by atoms with E-state index in [2.05, 4.69) is 5.32 Å². The van der Waals surface area contributed by atoms with Gasteiger partial charge in [-0.05, 0) is 45.9 Å². The van der Waals surface area contributed by atoms with Crippen LogP contribution >= 0.6 is 0 Å². The van der Waals surface area contributed by atoms with Crippen molar-refractivity contribution in [1.29, 1.82) is 0 Å². The molecular weight excluding hydrogens is 299 g/mol. The summed E-state index contributed by atoms with van der Waals surface area (Å²) in [4.78, 5) is 13.6. The third-order valence-corrected chi connectivity index (χ3v) is 3.64. The molecule has 2 amide bonds. The van der Waals surface area contributed by atoms with Crippen molar-refractivity contribution in [3.63, 3.8) is 0 Å². The lowest BCUT2D eigenvalue weighted by Gasteiger charge is -2.26. The Balaban J connectivity index is 2.16. The Morgan fingerprint density at radius 1 is 1.48 bits per heavy atom. The first-order valence-electron chi connectivity index (χ1n) is 7.51. The molecule has 1 heterocycles. The summed E-state index contributed by atoms with van der Waals surface area (Å²) in [6, 6.07) is 3.66. The number of carbonyl (C=O) groups excluding carboxylic acids is 1. The van der Waals surface area contributed by atoms with Gasteiger partial charge in [-0.3, -0.25) is 0 Å². The zero-order valence-electron chi connectivity index (χ0n) is 14.1. The molecule has 5 nitrogen and oxygen atoms in total. The molecule has 2 N–H and O–H groups in total. The molecule has 0 aliphatic heterocycles. The topological polar surface area (TPSA) is 65.7 Å². The number of nitrogens with one attached hydrogen (secondary N) is 1. The summed E-state index contributed by atoms with van der Waals surface area (Å²) < 4.78 is 19.1. The van der Waals surface area contributed by atoms with Crippen molar-refractivity contribution >= 4 is 17.0 Å². The summed E-state index contributed by atoms with van der Waals surface area (Å²) in [5.74, 6) is 0.269. The lowest BCUT2D eigenvalue weighted by Crippen LogP contribution is -2.45. The number of urea groups is 1. The molecule has 6 heteroatoms. The molecule has 0 saturated heterocycles. The Kier molecular flexibility index (Phi) is 4.66. The van der Waals surface area contributed by atoms with Crippen LogP contribution in [0.1, 0.15) is 38.1 Å². The first kappa shape index (κ1) is 17.3. The van der Waals surface area contributed by atoms with E-state index in [1.165, 1.54) is 17.0 Å².